The van der Waals surface area contributed by atoms with E-state index in [1.165, 1.54) is 11.3 Å². The number of nitrogens with one attached hydrogen (secondary N) is 1. The highest BCUT2D eigenvalue weighted by molar-refractivity contribution is 7.22. The smallest absolute Gasteiger partial charge is 0.242 e. The molecule has 1 fully saturated rings. The van der Waals surface area contributed by atoms with Crippen LogP contribution >= 0.6 is 11.3 Å². The molecule has 1 aliphatic rings. The zero-order valence-electron chi connectivity index (χ0n) is 17.1. The average Bonchev–Trinajstić information content (AvgIpc) is 3.19. The second-order valence-corrected chi connectivity index (χ2v) is 8.54. The number of benzene rings is 2. The van der Waals surface area contributed by atoms with Crippen molar-refractivity contribution in [3.8, 4) is 0 Å². The Kier molecular flexibility index (Phi) is 6.40. The van der Waals surface area contributed by atoms with Crippen molar-refractivity contribution in [1.29, 1.82) is 0 Å². The molecular formula is C23H26N4O2S. The van der Waals surface area contributed by atoms with Crippen molar-refractivity contribution < 1.29 is 9.59 Å². The van der Waals surface area contributed by atoms with Crippen molar-refractivity contribution in [2.45, 2.75) is 19.8 Å². The number of hydrogen-bond acceptors (Lipinski definition) is 5. The van der Waals surface area contributed by atoms with Gasteiger partial charge in [-0.2, -0.15) is 0 Å². The predicted octanol–water partition coefficient (Wildman–Crippen LogP) is 4.00. The Hall–Kier alpha value is -2.77. The van der Waals surface area contributed by atoms with E-state index >= 15 is 0 Å². The van der Waals surface area contributed by atoms with Gasteiger partial charge in [0.05, 0.1) is 22.7 Å². The summed E-state index contributed by atoms with van der Waals surface area (Å²) in [6.07, 6.45) is 1.76. The third kappa shape index (κ3) is 4.68. The summed E-state index contributed by atoms with van der Waals surface area (Å²) in [5, 5.41) is 3.73. The molecule has 3 aromatic rings. The average molecular weight is 423 g/mol. The maximum Gasteiger partial charge on any atom is 0.242 e. The SMILES string of the molecule is CCN(C(=O)CN1CCC[C@H](C(=O)Nc2ccccc2)C1)c1nc2ccccc2s1. The maximum atomic E-state index is 13.0. The number of para-hydroxylation sites is 2. The van der Waals surface area contributed by atoms with Crippen LogP contribution in [0.2, 0.25) is 0 Å². The highest BCUT2D eigenvalue weighted by Crippen LogP contribution is 2.29. The highest BCUT2D eigenvalue weighted by Gasteiger charge is 2.28. The fraction of sp³-hybridized carbons (Fsp3) is 0.348. The summed E-state index contributed by atoms with van der Waals surface area (Å²) in [5.41, 5.74) is 1.73. The first kappa shape index (κ1) is 20.5. The van der Waals surface area contributed by atoms with Crippen molar-refractivity contribution in [2.75, 3.05) is 36.4 Å². The molecule has 2 heterocycles. The molecule has 0 radical (unpaired) electrons. The van der Waals surface area contributed by atoms with E-state index in [2.05, 4.69) is 15.2 Å². The molecule has 0 saturated carbocycles. The number of carbonyl (C=O) groups is 2. The summed E-state index contributed by atoms with van der Waals surface area (Å²) in [4.78, 5) is 34.2. The molecule has 30 heavy (non-hydrogen) atoms. The largest absolute Gasteiger partial charge is 0.326 e. The first-order chi connectivity index (χ1) is 14.6. The standard InChI is InChI=1S/C23H26N4O2S/c1-2-27(23-25-19-12-6-7-13-20(19)30-23)21(28)16-26-14-8-9-17(15-26)22(29)24-18-10-4-3-5-11-18/h3-7,10-13,17H,2,8-9,14-16H2,1H3,(H,24,29)/t17-/m0/s1. The monoisotopic (exact) mass is 422 g/mol. The fourth-order valence-electron chi connectivity index (χ4n) is 3.85. The number of amides is 2. The van der Waals surface area contributed by atoms with E-state index in [0.29, 0.717) is 19.6 Å². The van der Waals surface area contributed by atoms with E-state index in [1.807, 2.05) is 61.5 Å². The minimum atomic E-state index is -0.107. The van der Waals surface area contributed by atoms with Gasteiger partial charge in [-0.25, -0.2) is 4.98 Å². The molecule has 6 nitrogen and oxygen atoms in total. The van der Waals surface area contributed by atoms with E-state index in [0.717, 1.165) is 40.4 Å². The van der Waals surface area contributed by atoms with Crippen LogP contribution in [0.25, 0.3) is 10.2 Å². The lowest BCUT2D eigenvalue weighted by molar-refractivity contribution is -0.124. The van der Waals surface area contributed by atoms with Gasteiger partial charge in [0.2, 0.25) is 11.8 Å². The Labute approximate surface area is 180 Å². The molecule has 156 valence electrons. The van der Waals surface area contributed by atoms with Crippen LogP contribution in [-0.4, -0.2) is 47.9 Å². The fourth-order valence-corrected chi connectivity index (χ4v) is 4.90. The van der Waals surface area contributed by atoms with Gasteiger partial charge in [-0.05, 0) is 50.6 Å². The zero-order valence-corrected chi connectivity index (χ0v) is 17.9. The second kappa shape index (κ2) is 9.36. The predicted molar refractivity (Wildman–Crippen MR) is 122 cm³/mol. The zero-order chi connectivity index (χ0) is 20.9. The molecule has 1 N–H and O–H groups in total. The quantitative estimate of drug-likeness (QED) is 0.652. The summed E-state index contributed by atoms with van der Waals surface area (Å²) < 4.78 is 1.08. The lowest BCUT2D eigenvalue weighted by Crippen LogP contribution is -2.46. The first-order valence-corrected chi connectivity index (χ1v) is 11.2. The normalized spacial score (nSPS) is 17.0. The van der Waals surface area contributed by atoms with E-state index < -0.39 is 0 Å². The maximum absolute atomic E-state index is 13.0. The Morgan fingerprint density at radius 1 is 1.17 bits per heavy atom. The topological polar surface area (TPSA) is 65.5 Å². The number of hydrogen-bond donors (Lipinski definition) is 1. The van der Waals surface area contributed by atoms with Crippen molar-refractivity contribution in [2.24, 2.45) is 5.92 Å². The van der Waals surface area contributed by atoms with Crippen LogP contribution < -0.4 is 10.2 Å². The summed E-state index contributed by atoms with van der Waals surface area (Å²) in [6.45, 7) is 4.28. The third-order valence-electron chi connectivity index (χ3n) is 5.41. The lowest BCUT2D eigenvalue weighted by Gasteiger charge is -2.32. The van der Waals surface area contributed by atoms with Crippen LogP contribution in [0.5, 0.6) is 0 Å². The van der Waals surface area contributed by atoms with Crippen LogP contribution in [-0.2, 0) is 9.59 Å². The molecule has 7 heteroatoms. The summed E-state index contributed by atoms with van der Waals surface area (Å²) >= 11 is 1.54. The van der Waals surface area contributed by atoms with Crippen molar-refractivity contribution in [3.05, 3.63) is 54.6 Å². The molecule has 0 aliphatic carbocycles. The summed E-state index contributed by atoms with van der Waals surface area (Å²) in [6, 6.07) is 17.4. The van der Waals surface area contributed by atoms with Gasteiger partial charge in [0.15, 0.2) is 5.13 Å². The van der Waals surface area contributed by atoms with Gasteiger partial charge in [-0.15, -0.1) is 0 Å². The lowest BCUT2D eigenvalue weighted by atomic mass is 9.97. The number of carbonyl (C=O) groups excluding carboxylic acids is 2. The van der Waals surface area contributed by atoms with Gasteiger partial charge in [0.25, 0.3) is 0 Å². The number of nitrogens with zero attached hydrogens (tertiary/aromatic N) is 3. The molecule has 2 aromatic carbocycles. The number of aromatic nitrogens is 1. The molecule has 1 aliphatic heterocycles. The van der Waals surface area contributed by atoms with Gasteiger partial charge >= 0.3 is 0 Å². The van der Waals surface area contributed by atoms with Gasteiger partial charge in [0.1, 0.15) is 0 Å². The molecular weight excluding hydrogens is 396 g/mol. The second-order valence-electron chi connectivity index (χ2n) is 7.53. The van der Waals surface area contributed by atoms with Gasteiger partial charge in [-0.1, -0.05) is 41.7 Å². The minimum Gasteiger partial charge on any atom is -0.326 e. The van der Waals surface area contributed by atoms with Gasteiger partial charge in [-0.3, -0.25) is 19.4 Å². The molecule has 1 saturated heterocycles. The van der Waals surface area contributed by atoms with Gasteiger partial charge < -0.3 is 5.32 Å². The van der Waals surface area contributed by atoms with Crippen LogP contribution in [0.1, 0.15) is 19.8 Å². The summed E-state index contributed by atoms with van der Waals surface area (Å²) in [5.74, 6) is -0.0539. The number of anilines is 2. The number of likely N-dealkylation sites (N-methyl/N-ethyl adjacent to an activating group) is 1. The van der Waals surface area contributed by atoms with Gasteiger partial charge in [0, 0.05) is 18.8 Å². The molecule has 0 spiro atoms. The van der Waals surface area contributed by atoms with Crippen LogP contribution in [0.4, 0.5) is 10.8 Å². The summed E-state index contributed by atoms with van der Waals surface area (Å²) in [7, 11) is 0. The minimum absolute atomic E-state index is 0.0249. The number of likely N-dealkylation sites (tertiary alicyclic amines) is 1. The molecule has 1 aromatic heterocycles. The third-order valence-corrected chi connectivity index (χ3v) is 6.47. The van der Waals surface area contributed by atoms with Crippen LogP contribution in [0.15, 0.2) is 54.6 Å². The Bertz CT molecular complexity index is 987. The van der Waals surface area contributed by atoms with E-state index in [-0.39, 0.29) is 17.7 Å². The van der Waals surface area contributed by atoms with Crippen molar-refractivity contribution in [3.63, 3.8) is 0 Å². The molecule has 0 unspecified atom stereocenters. The van der Waals surface area contributed by atoms with Crippen molar-refractivity contribution >= 4 is 44.2 Å². The van der Waals surface area contributed by atoms with E-state index in [1.54, 1.807) is 4.90 Å². The van der Waals surface area contributed by atoms with E-state index in [4.69, 9.17) is 0 Å². The Morgan fingerprint density at radius 3 is 2.70 bits per heavy atom. The van der Waals surface area contributed by atoms with Crippen LogP contribution in [0, 0.1) is 5.92 Å². The molecule has 4 rings (SSSR count). The number of fused-ring (bicyclic) bond motifs is 1. The Morgan fingerprint density at radius 2 is 1.93 bits per heavy atom. The first-order valence-electron chi connectivity index (χ1n) is 10.4. The molecule has 1 atom stereocenters. The van der Waals surface area contributed by atoms with E-state index in [9.17, 15) is 9.59 Å². The molecule has 2 amide bonds. The number of thiazole rings is 1. The molecule has 0 bridgehead atoms. The van der Waals surface area contributed by atoms with Crippen LogP contribution in [0.3, 0.4) is 0 Å². The van der Waals surface area contributed by atoms with Crippen molar-refractivity contribution in [1.82, 2.24) is 9.88 Å². The highest BCUT2D eigenvalue weighted by atomic mass is 32.1. The number of piperidine rings is 1. The number of rotatable bonds is 6. The Balaban J connectivity index is 1.38.